The second-order valence-electron chi connectivity index (χ2n) is 3.71. The van der Waals surface area contributed by atoms with E-state index in [0.29, 0.717) is 17.4 Å². The lowest BCUT2D eigenvalue weighted by Gasteiger charge is -2.02. The molecule has 0 aliphatic carbocycles. The molecule has 17 heavy (non-hydrogen) atoms. The lowest BCUT2D eigenvalue weighted by atomic mass is 10.2. The summed E-state index contributed by atoms with van der Waals surface area (Å²) >= 11 is 0. The van der Waals surface area contributed by atoms with E-state index >= 15 is 0 Å². The Labute approximate surface area is 97.2 Å². The Morgan fingerprint density at radius 1 is 1.12 bits per heavy atom. The van der Waals surface area contributed by atoms with Gasteiger partial charge in [0.25, 0.3) is 0 Å². The van der Waals surface area contributed by atoms with Crippen LogP contribution in [0.5, 0.6) is 0 Å². The molecule has 0 saturated carbocycles. The van der Waals surface area contributed by atoms with E-state index in [0.717, 1.165) is 11.3 Å². The standard InChI is InChI=1S/C11H10N6/c1-7-6-8(2-4-13-7)10-16-15-9-3-5-14-11(12)17(9)10/h2-6H,1H3,(H2,12,14). The van der Waals surface area contributed by atoms with Crippen LogP contribution in [0.2, 0.25) is 0 Å². The van der Waals surface area contributed by atoms with Crippen molar-refractivity contribution in [3.63, 3.8) is 0 Å². The van der Waals surface area contributed by atoms with Crippen molar-refractivity contribution in [2.75, 3.05) is 5.73 Å². The summed E-state index contributed by atoms with van der Waals surface area (Å²) in [5.74, 6) is 1.05. The Balaban J connectivity index is 2.31. The van der Waals surface area contributed by atoms with E-state index in [4.69, 9.17) is 5.73 Å². The first kappa shape index (κ1) is 9.71. The summed E-state index contributed by atoms with van der Waals surface area (Å²) in [6.45, 7) is 1.92. The maximum Gasteiger partial charge on any atom is 0.207 e. The molecule has 0 amide bonds. The Morgan fingerprint density at radius 3 is 2.76 bits per heavy atom. The zero-order valence-corrected chi connectivity index (χ0v) is 9.20. The van der Waals surface area contributed by atoms with Crippen LogP contribution in [-0.2, 0) is 0 Å². The lowest BCUT2D eigenvalue weighted by molar-refractivity contribution is 1.09. The first-order valence-electron chi connectivity index (χ1n) is 5.14. The number of aryl methyl sites for hydroxylation is 1. The van der Waals surface area contributed by atoms with Crippen molar-refractivity contribution in [1.82, 2.24) is 24.6 Å². The molecule has 6 nitrogen and oxygen atoms in total. The van der Waals surface area contributed by atoms with Crippen molar-refractivity contribution in [2.45, 2.75) is 6.92 Å². The Morgan fingerprint density at radius 2 is 1.94 bits per heavy atom. The van der Waals surface area contributed by atoms with Crippen LogP contribution in [0.1, 0.15) is 5.69 Å². The quantitative estimate of drug-likeness (QED) is 0.671. The van der Waals surface area contributed by atoms with Crippen LogP contribution in [0.25, 0.3) is 17.0 Å². The average molecular weight is 226 g/mol. The lowest BCUT2D eigenvalue weighted by Crippen LogP contribution is -2.01. The van der Waals surface area contributed by atoms with Gasteiger partial charge in [-0.1, -0.05) is 0 Å². The van der Waals surface area contributed by atoms with E-state index in [1.165, 1.54) is 0 Å². The molecule has 0 spiro atoms. The number of pyridine rings is 1. The third kappa shape index (κ3) is 1.50. The molecular formula is C11H10N6. The minimum absolute atomic E-state index is 0.372. The zero-order valence-electron chi connectivity index (χ0n) is 9.20. The van der Waals surface area contributed by atoms with Crippen LogP contribution >= 0.6 is 0 Å². The third-order valence-electron chi connectivity index (χ3n) is 2.50. The summed E-state index contributed by atoms with van der Waals surface area (Å²) in [4.78, 5) is 8.18. The summed E-state index contributed by atoms with van der Waals surface area (Å²) in [6, 6.07) is 5.57. The molecule has 0 fully saturated rings. The predicted octanol–water partition coefficient (Wildman–Crippen LogP) is 1.08. The molecule has 0 bridgehead atoms. The number of hydrogen-bond donors (Lipinski definition) is 1. The maximum absolute atomic E-state index is 5.83. The highest BCUT2D eigenvalue weighted by atomic mass is 15.3. The fraction of sp³-hybridized carbons (Fsp3) is 0.0909. The number of nitrogens with zero attached hydrogens (tertiary/aromatic N) is 5. The Kier molecular flexibility index (Phi) is 2.01. The monoisotopic (exact) mass is 226 g/mol. The zero-order chi connectivity index (χ0) is 11.8. The number of fused-ring (bicyclic) bond motifs is 1. The first-order chi connectivity index (χ1) is 8.25. The molecule has 0 atom stereocenters. The van der Waals surface area contributed by atoms with Crippen LogP contribution in [0.4, 0.5) is 5.95 Å². The molecule has 3 aromatic rings. The fourth-order valence-corrected chi connectivity index (χ4v) is 1.74. The van der Waals surface area contributed by atoms with Gasteiger partial charge >= 0.3 is 0 Å². The normalized spacial score (nSPS) is 10.9. The van der Waals surface area contributed by atoms with E-state index in [2.05, 4.69) is 20.2 Å². The van der Waals surface area contributed by atoms with E-state index in [1.807, 2.05) is 19.1 Å². The Bertz CT molecular complexity index is 687. The molecule has 0 aliphatic heterocycles. The van der Waals surface area contributed by atoms with Gasteiger partial charge in [0.1, 0.15) is 0 Å². The molecule has 84 valence electrons. The molecule has 2 N–H and O–H groups in total. The number of anilines is 1. The minimum Gasteiger partial charge on any atom is -0.369 e. The highest BCUT2D eigenvalue weighted by molar-refractivity contribution is 5.61. The molecule has 0 saturated heterocycles. The van der Waals surface area contributed by atoms with E-state index < -0.39 is 0 Å². The molecule has 3 heterocycles. The molecule has 3 aromatic heterocycles. The van der Waals surface area contributed by atoms with Gasteiger partial charge in [0.15, 0.2) is 11.5 Å². The fourth-order valence-electron chi connectivity index (χ4n) is 1.74. The van der Waals surface area contributed by atoms with E-state index in [1.54, 1.807) is 22.9 Å². The second-order valence-corrected chi connectivity index (χ2v) is 3.71. The minimum atomic E-state index is 0.372. The van der Waals surface area contributed by atoms with Gasteiger partial charge in [0.2, 0.25) is 5.95 Å². The highest BCUT2D eigenvalue weighted by Gasteiger charge is 2.10. The average Bonchev–Trinajstić information content (AvgIpc) is 2.74. The number of rotatable bonds is 1. The SMILES string of the molecule is Cc1cc(-c2nnc3ccnc(N)n23)ccn1. The van der Waals surface area contributed by atoms with Gasteiger partial charge in [-0.15, -0.1) is 10.2 Å². The predicted molar refractivity (Wildman–Crippen MR) is 63.2 cm³/mol. The molecular weight excluding hydrogens is 216 g/mol. The van der Waals surface area contributed by atoms with Crippen LogP contribution < -0.4 is 5.73 Å². The van der Waals surface area contributed by atoms with Gasteiger partial charge in [-0.2, -0.15) is 0 Å². The summed E-state index contributed by atoms with van der Waals surface area (Å²) < 4.78 is 1.72. The van der Waals surface area contributed by atoms with Gasteiger partial charge in [0, 0.05) is 29.7 Å². The molecule has 0 unspecified atom stereocenters. The van der Waals surface area contributed by atoms with Crippen molar-refractivity contribution < 1.29 is 0 Å². The third-order valence-corrected chi connectivity index (χ3v) is 2.50. The smallest absolute Gasteiger partial charge is 0.207 e. The summed E-state index contributed by atoms with van der Waals surface area (Å²) in [6.07, 6.45) is 3.35. The molecule has 0 aliphatic rings. The van der Waals surface area contributed by atoms with E-state index in [-0.39, 0.29) is 0 Å². The van der Waals surface area contributed by atoms with Gasteiger partial charge in [-0.05, 0) is 19.1 Å². The number of hydrogen-bond acceptors (Lipinski definition) is 5. The number of nitrogens with two attached hydrogens (primary N) is 1. The van der Waals surface area contributed by atoms with Crippen LogP contribution in [-0.4, -0.2) is 24.6 Å². The van der Waals surface area contributed by atoms with Crippen LogP contribution in [0.3, 0.4) is 0 Å². The van der Waals surface area contributed by atoms with Gasteiger partial charge in [-0.25, -0.2) is 9.38 Å². The highest BCUT2D eigenvalue weighted by Crippen LogP contribution is 2.19. The molecule has 0 radical (unpaired) electrons. The Hall–Kier alpha value is -2.50. The van der Waals surface area contributed by atoms with Crippen molar-refractivity contribution >= 4 is 11.6 Å². The molecule has 3 rings (SSSR count). The van der Waals surface area contributed by atoms with Gasteiger partial charge < -0.3 is 5.73 Å². The van der Waals surface area contributed by atoms with Crippen molar-refractivity contribution in [1.29, 1.82) is 0 Å². The maximum atomic E-state index is 5.83. The van der Waals surface area contributed by atoms with Gasteiger partial charge in [-0.3, -0.25) is 4.98 Å². The van der Waals surface area contributed by atoms with Crippen molar-refractivity contribution in [3.05, 3.63) is 36.3 Å². The second kappa shape index (κ2) is 3.51. The number of aromatic nitrogens is 5. The van der Waals surface area contributed by atoms with Crippen molar-refractivity contribution in [3.8, 4) is 11.4 Å². The first-order valence-corrected chi connectivity index (χ1v) is 5.14. The van der Waals surface area contributed by atoms with Crippen LogP contribution in [0, 0.1) is 6.92 Å². The molecule has 6 heteroatoms. The number of nitrogen functional groups attached to an aromatic ring is 1. The van der Waals surface area contributed by atoms with Crippen LogP contribution in [0.15, 0.2) is 30.6 Å². The largest absolute Gasteiger partial charge is 0.369 e. The summed E-state index contributed by atoms with van der Waals surface area (Å²) in [5.41, 5.74) is 8.35. The summed E-state index contributed by atoms with van der Waals surface area (Å²) in [5, 5.41) is 8.19. The topological polar surface area (TPSA) is 82.0 Å². The summed E-state index contributed by atoms with van der Waals surface area (Å²) in [7, 11) is 0. The van der Waals surface area contributed by atoms with E-state index in [9.17, 15) is 0 Å². The van der Waals surface area contributed by atoms with Gasteiger partial charge in [0.05, 0.1) is 0 Å². The molecule has 0 aromatic carbocycles. The van der Waals surface area contributed by atoms with Crippen molar-refractivity contribution in [2.24, 2.45) is 0 Å².